The first-order chi connectivity index (χ1) is 14.8. The minimum Gasteiger partial charge on any atom is -0.507 e. The Morgan fingerprint density at radius 3 is 2.03 bits per heavy atom. The normalized spacial score (nSPS) is 17.9. The van der Waals surface area contributed by atoms with E-state index in [2.05, 4.69) is 0 Å². The maximum atomic E-state index is 13.4. The lowest BCUT2D eigenvalue weighted by atomic mass is 9.95. The van der Waals surface area contributed by atoms with Crippen molar-refractivity contribution in [3.63, 3.8) is 0 Å². The zero-order valence-electron chi connectivity index (χ0n) is 16.6. The number of hydrogen-bond donors (Lipinski definition) is 2. The van der Waals surface area contributed by atoms with Crippen LogP contribution in [0.15, 0.2) is 54.1 Å². The fourth-order valence-electron chi connectivity index (χ4n) is 3.60. The fraction of sp³-hybridized carbons (Fsp3) is 0.261. The standard InChI is InChI=1S/C23H21F2NO5/c24-16-9-5-14(6-10-16)20-19(21(29)15-7-11-17(25)12-8-15)22(30)23(31)26(20)13-3-1-2-4-18(27)28/h5-12,20,29H,1-4,13H2,(H,27,28)/b21-19+. The first kappa shape index (κ1) is 22.1. The van der Waals surface area contributed by atoms with E-state index in [1.54, 1.807) is 0 Å². The summed E-state index contributed by atoms with van der Waals surface area (Å²) in [4.78, 5) is 37.5. The fourth-order valence-corrected chi connectivity index (χ4v) is 3.60. The summed E-state index contributed by atoms with van der Waals surface area (Å²) in [7, 11) is 0. The van der Waals surface area contributed by atoms with E-state index in [4.69, 9.17) is 5.11 Å². The highest BCUT2D eigenvalue weighted by molar-refractivity contribution is 6.46. The maximum absolute atomic E-state index is 13.4. The molecule has 31 heavy (non-hydrogen) atoms. The van der Waals surface area contributed by atoms with Crippen molar-refractivity contribution >= 4 is 23.4 Å². The summed E-state index contributed by atoms with van der Waals surface area (Å²) >= 11 is 0. The van der Waals surface area contributed by atoms with E-state index >= 15 is 0 Å². The molecule has 0 aromatic heterocycles. The third-order valence-electron chi connectivity index (χ3n) is 5.13. The van der Waals surface area contributed by atoms with Crippen LogP contribution in [-0.4, -0.2) is 39.3 Å². The van der Waals surface area contributed by atoms with Crippen molar-refractivity contribution in [2.24, 2.45) is 0 Å². The highest BCUT2D eigenvalue weighted by atomic mass is 19.1. The van der Waals surface area contributed by atoms with Crippen LogP contribution in [0.4, 0.5) is 8.78 Å². The average Bonchev–Trinajstić information content (AvgIpc) is 2.99. The molecule has 0 bridgehead atoms. The molecule has 1 heterocycles. The number of carbonyl (C=O) groups is 3. The Morgan fingerprint density at radius 2 is 1.45 bits per heavy atom. The minimum absolute atomic E-state index is 0.00474. The summed E-state index contributed by atoms with van der Waals surface area (Å²) in [6, 6.07) is 9.16. The number of likely N-dealkylation sites (tertiary alicyclic amines) is 1. The molecular formula is C23H21F2NO5. The molecule has 2 N–H and O–H groups in total. The van der Waals surface area contributed by atoms with Crippen LogP contribution in [-0.2, 0) is 14.4 Å². The van der Waals surface area contributed by atoms with Gasteiger partial charge in [0, 0.05) is 18.5 Å². The van der Waals surface area contributed by atoms with Crippen molar-refractivity contribution in [2.45, 2.75) is 31.7 Å². The van der Waals surface area contributed by atoms with Gasteiger partial charge in [0.25, 0.3) is 11.7 Å². The molecule has 1 aliphatic rings. The summed E-state index contributed by atoms with van der Waals surface area (Å²) in [5.74, 6) is -4.06. The molecule has 2 aromatic rings. The molecule has 1 aliphatic heterocycles. The van der Waals surface area contributed by atoms with Crippen LogP contribution < -0.4 is 0 Å². The number of aliphatic hydroxyl groups is 1. The zero-order chi connectivity index (χ0) is 22.5. The number of amides is 1. The van der Waals surface area contributed by atoms with Crippen molar-refractivity contribution in [1.29, 1.82) is 0 Å². The van der Waals surface area contributed by atoms with Crippen molar-refractivity contribution in [2.75, 3.05) is 6.54 Å². The van der Waals surface area contributed by atoms with Gasteiger partial charge >= 0.3 is 5.97 Å². The number of rotatable bonds is 8. The molecule has 1 saturated heterocycles. The Hall–Kier alpha value is -3.55. The van der Waals surface area contributed by atoms with Gasteiger partial charge in [-0.05, 0) is 54.8 Å². The first-order valence-electron chi connectivity index (χ1n) is 9.81. The molecule has 1 fully saturated rings. The molecule has 0 aliphatic carbocycles. The number of unbranched alkanes of at least 4 members (excludes halogenated alkanes) is 2. The van der Waals surface area contributed by atoms with E-state index in [9.17, 15) is 28.3 Å². The number of carbonyl (C=O) groups excluding carboxylic acids is 2. The second kappa shape index (κ2) is 9.51. The Kier molecular flexibility index (Phi) is 6.79. The third kappa shape index (κ3) is 4.96. The van der Waals surface area contributed by atoms with Gasteiger partial charge in [0.15, 0.2) is 0 Å². The van der Waals surface area contributed by atoms with E-state index in [0.29, 0.717) is 24.8 Å². The number of nitrogens with zero attached hydrogens (tertiary/aromatic N) is 1. The summed E-state index contributed by atoms with van der Waals surface area (Å²) < 4.78 is 26.7. The van der Waals surface area contributed by atoms with E-state index in [-0.39, 0.29) is 24.1 Å². The third-order valence-corrected chi connectivity index (χ3v) is 5.13. The molecule has 0 saturated carbocycles. The Morgan fingerprint density at radius 1 is 0.871 bits per heavy atom. The van der Waals surface area contributed by atoms with Gasteiger partial charge in [-0.3, -0.25) is 14.4 Å². The smallest absolute Gasteiger partial charge is 0.303 e. The molecule has 162 valence electrons. The van der Waals surface area contributed by atoms with Crippen LogP contribution in [0.3, 0.4) is 0 Å². The zero-order valence-corrected chi connectivity index (χ0v) is 16.6. The van der Waals surface area contributed by atoms with Gasteiger partial charge in [-0.25, -0.2) is 8.78 Å². The summed E-state index contributed by atoms with van der Waals surface area (Å²) in [6.07, 6.45) is 1.42. The van der Waals surface area contributed by atoms with Gasteiger partial charge in [-0.15, -0.1) is 0 Å². The van der Waals surface area contributed by atoms with Crippen LogP contribution in [0, 0.1) is 11.6 Å². The lowest BCUT2D eigenvalue weighted by Crippen LogP contribution is -2.30. The summed E-state index contributed by atoms with van der Waals surface area (Å²) in [6.45, 7) is 0.159. The molecule has 1 amide bonds. The average molecular weight is 429 g/mol. The predicted molar refractivity (Wildman–Crippen MR) is 108 cm³/mol. The number of halogens is 2. The molecule has 1 atom stereocenters. The Bertz CT molecular complexity index is 1020. The molecule has 6 nitrogen and oxygen atoms in total. The van der Waals surface area contributed by atoms with E-state index < -0.39 is 41.1 Å². The van der Waals surface area contributed by atoms with Gasteiger partial charge in [0.1, 0.15) is 17.4 Å². The van der Waals surface area contributed by atoms with E-state index in [1.165, 1.54) is 41.3 Å². The topological polar surface area (TPSA) is 94.9 Å². The Balaban J connectivity index is 1.96. The molecule has 8 heteroatoms. The molecule has 0 spiro atoms. The lowest BCUT2D eigenvalue weighted by Gasteiger charge is -2.25. The number of carboxylic acids is 1. The number of Topliss-reactive ketones (excluding diaryl/α,β-unsaturated/α-hetero) is 1. The number of aliphatic hydroxyl groups excluding tert-OH is 1. The van der Waals surface area contributed by atoms with Crippen LogP contribution in [0.5, 0.6) is 0 Å². The number of benzene rings is 2. The van der Waals surface area contributed by atoms with Crippen LogP contribution >= 0.6 is 0 Å². The van der Waals surface area contributed by atoms with Gasteiger partial charge < -0.3 is 15.1 Å². The van der Waals surface area contributed by atoms with Crippen molar-refractivity contribution in [1.82, 2.24) is 4.90 Å². The largest absolute Gasteiger partial charge is 0.507 e. The SMILES string of the molecule is O=C(O)CCCCCN1C(=O)C(=O)/C(=C(/O)c2ccc(F)cc2)C1c1ccc(F)cc1. The summed E-state index contributed by atoms with van der Waals surface area (Å²) in [5, 5.41) is 19.5. The second-order valence-corrected chi connectivity index (χ2v) is 7.26. The Labute approximate surface area is 177 Å². The number of ketones is 1. The van der Waals surface area contributed by atoms with Gasteiger partial charge in [-0.1, -0.05) is 18.6 Å². The number of hydrogen-bond acceptors (Lipinski definition) is 4. The van der Waals surface area contributed by atoms with E-state index in [1.807, 2.05) is 0 Å². The molecule has 2 aromatic carbocycles. The number of aliphatic carboxylic acids is 1. The number of carboxylic acid groups (broad SMARTS) is 1. The minimum atomic E-state index is -0.940. The highest BCUT2D eigenvalue weighted by Gasteiger charge is 2.45. The highest BCUT2D eigenvalue weighted by Crippen LogP contribution is 2.39. The van der Waals surface area contributed by atoms with E-state index in [0.717, 1.165) is 12.1 Å². The molecule has 0 radical (unpaired) electrons. The van der Waals surface area contributed by atoms with Gasteiger partial charge in [-0.2, -0.15) is 0 Å². The van der Waals surface area contributed by atoms with Crippen molar-refractivity contribution in [3.05, 3.63) is 76.9 Å². The monoisotopic (exact) mass is 429 g/mol. The van der Waals surface area contributed by atoms with Gasteiger partial charge in [0.05, 0.1) is 11.6 Å². The quantitative estimate of drug-likeness (QED) is 0.286. The maximum Gasteiger partial charge on any atom is 0.303 e. The van der Waals surface area contributed by atoms with Crippen LogP contribution in [0.2, 0.25) is 0 Å². The molecule has 3 rings (SSSR count). The first-order valence-corrected chi connectivity index (χ1v) is 9.81. The van der Waals surface area contributed by atoms with Crippen molar-refractivity contribution in [3.8, 4) is 0 Å². The van der Waals surface area contributed by atoms with Crippen LogP contribution in [0.25, 0.3) is 5.76 Å². The van der Waals surface area contributed by atoms with Gasteiger partial charge in [0.2, 0.25) is 0 Å². The van der Waals surface area contributed by atoms with Crippen molar-refractivity contribution < 1.29 is 33.4 Å². The molecule has 1 unspecified atom stereocenters. The lowest BCUT2D eigenvalue weighted by molar-refractivity contribution is -0.140. The molecular weight excluding hydrogens is 408 g/mol. The predicted octanol–water partition coefficient (Wildman–Crippen LogP) is 4.03. The second-order valence-electron chi connectivity index (χ2n) is 7.26. The summed E-state index contributed by atoms with van der Waals surface area (Å²) in [5.41, 5.74) is 0.455. The van der Waals surface area contributed by atoms with Crippen LogP contribution in [0.1, 0.15) is 42.9 Å².